The summed E-state index contributed by atoms with van der Waals surface area (Å²) in [5.41, 5.74) is 0. The predicted octanol–water partition coefficient (Wildman–Crippen LogP) is 1.08. The quantitative estimate of drug-likeness (QED) is 0.742. The van der Waals surface area contributed by atoms with Crippen LogP contribution in [0.4, 0.5) is 4.79 Å². The molecule has 14 heavy (non-hydrogen) atoms. The molecule has 0 spiro atoms. The van der Waals surface area contributed by atoms with Crippen molar-refractivity contribution in [2.45, 2.75) is 32.2 Å². The van der Waals surface area contributed by atoms with E-state index in [2.05, 4.69) is 0 Å². The third kappa shape index (κ3) is 2.61. The number of nitrogens with zero attached hydrogens (tertiary/aromatic N) is 1. The van der Waals surface area contributed by atoms with E-state index in [0.717, 1.165) is 12.8 Å². The highest BCUT2D eigenvalue weighted by molar-refractivity contribution is 5.71. The van der Waals surface area contributed by atoms with Gasteiger partial charge in [-0.05, 0) is 19.8 Å². The molecule has 1 rings (SSSR count). The first-order chi connectivity index (χ1) is 6.65. The maximum absolute atomic E-state index is 11.3. The van der Waals surface area contributed by atoms with Gasteiger partial charge in [0.05, 0.1) is 13.0 Å². The second-order valence-electron chi connectivity index (χ2n) is 3.29. The van der Waals surface area contributed by atoms with Crippen LogP contribution in [-0.2, 0) is 9.53 Å². The highest BCUT2D eigenvalue weighted by atomic mass is 16.6. The number of amides is 1. The molecule has 1 N–H and O–H groups in total. The molecule has 5 nitrogen and oxygen atoms in total. The lowest BCUT2D eigenvalue weighted by molar-refractivity contribution is -0.138. The van der Waals surface area contributed by atoms with Gasteiger partial charge in [0, 0.05) is 12.6 Å². The summed E-state index contributed by atoms with van der Waals surface area (Å²) in [6.45, 7) is 2.67. The zero-order chi connectivity index (χ0) is 10.6. The van der Waals surface area contributed by atoms with Crippen LogP contribution in [0.1, 0.15) is 26.2 Å². The SMILES string of the molecule is CCOC(=O)N1CCC[C@@H]1CC(=O)O. The molecule has 0 bridgehead atoms. The molecule has 1 fully saturated rings. The molecule has 0 radical (unpaired) electrons. The number of aliphatic carboxylic acids is 1. The van der Waals surface area contributed by atoms with Crippen molar-refractivity contribution in [3.05, 3.63) is 0 Å². The molecule has 80 valence electrons. The minimum absolute atomic E-state index is 0.0127. The zero-order valence-corrected chi connectivity index (χ0v) is 8.23. The third-order valence-corrected chi connectivity index (χ3v) is 2.29. The number of hydrogen-bond acceptors (Lipinski definition) is 3. The predicted molar refractivity (Wildman–Crippen MR) is 49.0 cm³/mol. The smallest absolute Gasteiger partial charge is 0.410 e. The van der Waals surface area contributed by atoms with Gasteiger partial charge in [0.25, 0.3) is 0 Å². The molecular weight excluding hydrogens is 186 g/mol. The molecule has 0 unspecified atom stereocenters. The lowest BCUT2D eigenvalue weighted by Gasteiger charge is -2.22. The molecule has 1 saturated heterocycles. The van der Waals surface area contributed by atoms with Crippen LogP contribution in [0.5, 0.6) is 0 Å². The first kappa shape index (κ1) is 10.8. The molecule has 1 amide bonds. The van der Waals surface area contributed by atoms with Gasteiger partial charge in [-0.2, -0.15) is 0 Å². The Hall–Kier alpha value is -1.26. The number of carboxylic acids is 1. The van der Waals surface area contributed by atoms with Gasteiger partial charge in [-0.1, -0.05) is 0 Å². The number of rotatable bonds is 3. The Kier molecular flexibility index (Phi) is 3.73. The van der Waals surface area contributed by atoms with E-state index in [9.17, 15) is 9.59 Å². The van der Waals surface area contributed by atoms with Gasteiger partial charge in [-0.25, -0.2) is 4.79 Å². The number of carboxylic acid groups (broad SMARTS) is 1. The van der Waals surface area contributed by atoms with Crippen molar-refractivity contribution in [1.82, 2.24) is 4.90 Å². The summed E-state index contributed by atoms with van der Waals surface area (Å²) >= 11 is 0. The first-order valence-electron chi connectivity index (χ1n) is 4.80. The van der Waals surface area contributed by atoms with Gasteiger partial charge in [-0.3, -0.25) is 4.79 Å². The van der Waals surface area contributed by atoms with Gasteiger partial charge in [0.2, 0.25) is 0 Å². The second-order valence-corrected chi connectivity index (χ2v) is 3.29. The molecular formula is C9H15NO4. The number of hydrogen-bond donors (Lipinski definition) is 1. The molecule has 0 saturated carbocycles. The highest BCUT2D eigenvalue weighted by Crippen LogP contribution is 2.20. The fraction of sp³-hybridized carbons (Fsp3) is 0.778. The minimum atomic E-state index is -0.869. The molecule has 0 aliphatic carbocycles. The summed E-state index contributed by atoms with van der Waals surface area (Å²) in [5.74, 6) is -0.869. The van der Waals surface area contributed by atoms with Crippen LogP contribution in [0, 0.1) is 0 Å². The third-order valence-electron chi connectivity index (χ3n) is 2.29. The van der Waals surface area contributed by atoms with Crippen LogP contribution < -0.4 is 0 Å². The minimum Gasteiger partial charge on any atom is -0.481 e. The van der Waals surface area contributed by atoms with Crippen molar-refractivity contribution < 1.29 is 19.4 Å². The highest BCUT2D eigenvalue weighted by Gasteiger charge is 2.30. The topological polar surface area (TPSA) is 66.8 Å². The van der Waals surface area contributed by atoms with Crippen molar-refractivity contribution in [3.8, 4) is 0 Å². The van der Waals surface area contributed by atoms with Crippen molar-refractivity contribution in [2.24, 2.45) is 0 Å². The van der Waals surface area contributed by atoms with E-state index < -0.39 is 12.1 Å². The van der Waals surface area contributed by atoms with Gasteiger partial charge < -0.3 is 14.7 Å². The van der Waals surface area contributed by atoms with E-state index >= 15 is 0 Å². The fourth-order valence-electron chi connectivity index (χ4n) is 1.70. The van der Waals surface area contributed by atoms with Crippen LogP contribution in [0.15, 0.2) is 0 Å². The van der Waals surface area contributed by atoms with Crippen molar-refractivity contribution >= 4 is 12.1 Å². The molecule has 0 aromatic carbocycles. The van der Waals surface area contributed by atoms with Gasteiger partial charge in [-0.15, -0.1) is 0 Å². The van der Waals surface area contributed by atoms with Crippen molar-refractivity contribution in [2.75, 3.05) is 13.2 Å². The van der Waals surface area contributed by atoms with E-state index in [1.807, 2.05) is 0 Å². The van der Waals surface area contributed by atoms with Gasteiger partial charge in [0.15, 0.2) is 0 Å². The summed E-state index contributed by atoms with van der Waals surface area (Å²) in [6.07, 6.45) is 1.23. The van der Waals surface area contributed by atoms with Crippen LogP contribution in [0.2, 0.25) is 0 Å². The summed E-state index contributed by atoms with van der Waals surface area (Å²) in [6, 6.07) is -0.188. The summed E-state index contributed by atoms with van der Waals surface area (Å²) in [5, 5.41) is 8.62. The van der Waals surface area contributed by atoms with Gasteiger partial charge >= 0.3 is 12.1 Å². The monoisotopic (exact) mass is 201 g/mol. The van der Waals surface area contributed by atoms with Crippen molar-refractivity contribution in [3.63, 3.8) is 0 Å². The van der Waals surface area contributed by atoms with Gasteiger partial charge in [0.1, 0.15) is 0 Å². The Bertz CT molecular complexity index is 229. The largest absolute Gasteiger partial charge is 0.481 e. The fourth-order valence-corrected chi connectivity index (χ4v) is 1.70. The zero-order valence-electron chi connectivity index (χ0n) is 8.23. The molecule has 1 aliphatic rings. The Balaban J connectivity index is 2.50. The normalized spacial score (nSPS) is 20.9. The average molecular weight is 201 g/mol. The van der Waals surface area contributed by atoms with E-state index in [0.29, 0.717) is 13.2 Å². The van der Waals surface area contributed by atoms with E-state index in [1.54, 1.807) is 6.92 Å². The average Bonchev–Trinajstić information content (AvgIpc) is 2.51. The lowest BCUT2D eigenvalue weighted by Crippen LogP contribution is -2.37. The molecule has 1 atom stereocenters. The summed E-state index contributed by atoms with van der Waals surface area (Å²) in [4.78, 5) is 23.4. The number of ether oxygens (including phenoxy) is 1. The summed E-state index contributed by atoms with van der Waals surface area (Å²) < 4.78 is 4.83. The lowest BCUT2D eigenvalue weighted by atomic mass is 10.1. The molecule has 1 heterocycles. The van der Waals surface area contributed by atoms with Crippen LogP contribution in [0.25, 0.3) is 0 Å². The second kappa shape index (κ2) is 4.83. The van der Waals surface area contributed by atoms with Crippen LogP contribution >= 0.6 is 0 Å². The Morgan fingerprint density at radius 1 is 1.57 bits per heavy atom. The van der Waals surface area contributed by atoms with Crippen LogP contribution in [-0.4, -0.2) is 41.3 Å². The number of carbonyl (C=O) groups excluding carboxylic acids is 1. The standard InChI is InChI=1S/C9H15NO4/c1-2-14-9(13)10-5-3-4-7(10)6-8(11)12/h7H,2-6H2,1H3,(H,11,12)/t7-/m1/s1. The molecule has 0 aromatic rings. The van der Waals surface area contributed by atoms with Crippen LogP contribution in [0.3, 0.4) is 0 Å². The first-order valence-corrected chi connectivity index (χ1v) is 4.80. The Morgan fingerprint density at radius 2 is 2.29 bits per heavy atom. The van der Waals surface area contributed by atoms with E-state index in [1.165, 1.54) is 4.90 Å². The Labute approximate surface area is 82.6 Å². The number of likely N-dealkylation sites (tertiary alicyclic amines) is 1. The Morgan fingerprint density at radius 3 is 2.86 bits per heavy atom. The molecule has 0 aromatic heterocycles. The maximum Gasteiger partial charge on any atom is 0.410 e. The summed E-state index contributed by atoms with van der Waals surface area (Å²) in [7, 11) is 0. The van der Waals surface area contributed by atoms with E-state index in [4.69, 9.17) is 9.84 Å². The molecule has 5 heteroatoms. The molecule has 1 aliphatic heterocycles. The van der Waals surface area contributed by atoms with E-state index in [-0.39, 0.29) is 12.5 Å². The number of carbonyl (C=O) groups is 2. The maximum atomic E-state index is 11.3. The van der Waals surface area contributed by atoms with Crippen molar-refractivity contribution in [1.29, 1.82) is 0 Å².